The van der Waals surface area contributed by atoms with E-state index in [1.807, 2.05) is 6.92 Å². The Hall–Kier alpha value is -3.07. The fourth-order valence-electron chi connectivity index (χ4n) is 3.26. The normalized spacial score (nSPS) is 11.5. The summed E-state index contributed by atoms with van der Waals surface area (Å²) in [6.07, 6.45) is 2.91. The van der Waals surface area contributed by atoms with E-state index >= 15 is 0 Å². The minimum atomic E-state index is -3.40. The summed E-state index contributed by atoms with van der Waals surface area (Å²) in [5.74, 6) is -0.847. The first-order valence-electron chi connectivity index (χ1n) is 10.3. The highest BCUT2D eigenvalue weighted by atomic mass is 32.2. The van der Waals surface area contributed by atoms with Crippen molar-refractivity contribution in [3.05, 3.63) is 69.5 Å². The van der Waals surface area contributed by atoms with Crippen molar-refractivity contribution in [3.8, 4) is 23.0 Å². The van der Waals surface area contributed by atoms with Crippen LogP contribution in [0.1, 0.15) is 36.6 Å². The number of sulfone groups is 1. The third-order valence-corrected chi connectivity index (χ3v) is 6.60. The molecule has 0 fully saturated rings. The topological polar surface area (TPSA) is 91.2 Å². The van der Waals surface area contributed by atoms with Crippen molar-refractivity contribution in [1.29, 1.82) is 0 Å². The van der Waals surface area contributed by atoms with Crippen LogP contribution in [0.4, 0.5) is 4.39 Å². The Morgan fingerprint density at radius 2 is 1.88 bits per heavy atom. The summed E-state index contributed by atoms with van der Waals surface area (Å²) in [5.41, 5.74) is 2.12. The van der Waals surface area contributed by atoms with Gasteiger partial charge in [0.25, 0.3) is 5.56 Å². The predicted octanol–water partition coefficient (Wildman–Crippen LogP) is 4.11. The molecule has 0 spiro atoms. The van der Waals surface area contributed by atoms with Gasteiger partial charge in [0.2, 0.25) is 0 Å². The molecule has 9 heteroatoms. The number of para-hydroxylation sites is 1. The molecule has 0 amide bonds. The number of halogens is 1. The number of ether oxygens (including phenoxy) is 1. The monoisotopic (exact) mass is 459 g/mol. The van der Waals surface area contributed by atoms with Crippen LogP contribution in [-0.2, 0) is 22.6 Å². The van der Waals surface area contributed by atoms with Crippen molar-refractivity contribution in [2.45, 2.75) is 39.4 Å². The van der Waals surface area contributed by atoms with E-state index in [0.717, 1.165) is 6.42 Å². The summed E-state index contributed by atoms with van der Waals surface area (Å²) in [4.78, 5) is 20.7. The zero-order chi connectivity index (χ0) is 23.5. The van der Waals surface area contributed by atoms with E-state index in [1.54, 1.807) is 51.4 Å². The Morgan fingerprint density at radius 3 is 2.53 bits per heavy atom. The van der Waals surface area contributed by atoms with Gasteiger partial charge in [-0.3, -0.25) is 4.79 Å². The molecule has 2 aromatic heterocycles. The number of aryl methyl sites for hydroxylation is 3. The Balaban J connectivity index is 2.10. The molecule has 0 saturated heterocycles. The van der Waals surface area contributed by atoms with E-state index in [1.165, 1.54) is 10.6 Å². The highest BCUT2D eigenvalue weighted by molar-refractivity contribution is 7.90. The largest absolute Gasteiger partial charge is 0.421 e. The third-order valence-electron chi connectivity index (χ3n) is 4.95. The molecular weight excluding hydrogens is 433 g/mol. The van der Waals surface area contributed by atoms with Crippen molar-refractivity contribution in [2.24, 2.45) is 7.05 Å². The predicted molar refractivity (Wildman–Crippen MR) is 121 cm³/mol. The maximum Gasteiger partial charge on any atom is 0.322 e. The third kappa shape index (κ3) is 5.59. The average Bonchev–Trinajstić information content (AvgIpc) is 2.72. The van der Waals surface area contributed by atoms with Crippen LogP contribution in [0.25, 0.3) is 11.3 Å². The summed E-state index contributed by atoms with van der Waals surface area (Å²) in [7, 11) is -1.78. The van der Waals surface area contributed by atoms with Gasteiger partial charge in [0.05, 0.1) is 22.9 Å². The zero-order valence-corrected chi connectivity index (χ0v) is 19.4. The highest BCUT2D eigenvalue weighted by Crippen LogP contribution is 2.28. The molecule has 1 aromatic carbocycles. The van der Waals surface area contributed by atoms with Crippen molar-refractivity contribution in [3.63, 3.8) is 0 Å². The Bertz CT molecular complexity index is 1260. The molecule has 0 aliphatic heterocycles. The molecule has 3 aromatic rings. The summed E-state index contributed by atoms with van der Waals surface area (Å²) in [5, 5.41) is 0. The average molecular weight is 460 g/mol. The first kappa shape index (κ1) is 23.6. The van der Waals surface area contributed by atoms with Gasteiger partial charge in [0.1, 0.15) is 0 Å². The molecule has 0 atom stereocenters. The van der Waals surface area contributed by atoms with Crippen LogP contribution in [-0.4, -0.2) is 28.7 Å². The van der Waals surface area contributed by atoms with Crippen LogP contribution in [0.15, 0.2) is 41.3 Å². The summed E-state index contributed by atoms with van der Waals surface area (Å²) >= 11 is 0. The Labute approximate surface area is 186 Å². The highest BCUT2D eigenvalue weighted by Gasteiger charge is 2.18. The van der Waals surface area contributed by atoms with Crippen molar-refractivity contribution >= 4 is 9.84 Å². The van der Waals surface area contributed by atoms with Crippen LogP contribution >= 0.6 is 0 Å². The van der Waals surface area contributed by atoms with Crippen LogP contribution in [0.5, 0.6) is 11.8 Å². The van der Waals surface area contributed by atoms with Gasteiger partial charge in [-0.05, 0) is 44.0 Å². The summed E-state index contributed by atoms with van der Waals surface area (Å²) in [6, 6.07) is 7.58. The second-order valence-electron chi connectivity index (χ2n) is 7.79. The number of hydrogen-bond acceptors (Lipinski definition) is 6. The summed E-state index contributed by atoms with van der Waals surface area (Å²) in [6.45, 7) is 5.29. The van der Waals surface area contributed by atoms with Crippen molar-refractivity contribution in [2.75, 3.05) is 5.75 Å². The number of aromatic nitrogens is 3. The molecule has 7 nitrogen and oxygen atoms in total. The van der Waals surface area contributed by atoms with Crippen LogP contribution in [0.2, 0.25) is 0 Å². The molecule has 0 aliphatic carbocycles. The van der Waals surface area contributed by atoms with E-state index in [-0.39, 0.29) is 34.5 Å². The van der Waals surface area contributed by atoms with Gasteiger partial charge in [0, 0.05) is 24.4 Å². The molecule has 170 valence electrons. The van der Waals surface area contributed by atoms with Gasteiger partial charge in [-0.15, -0.1) is 0 Å². The fourth-order valence-corrected chi connectivity index (χ4v) is 4.73. The summed E-state index contributed by atoms with van der Waals surface area (Å²) < 4.78 is 46.5. The fraction of sp³-hybridized carbons (Fsp3) is 0.348. The van der Waals surface area contributed by atoms with Gasteiger partial charge in [0.15, 0.2) is 21.4 Å². The number of benzene rings is 1. The van der Waals surface area contributed by atoms with E-state index in [4.69, 9.17) is 4.74 Å². The Morgan fingerprint density at radius 1 is 1.12 bits per heavy atom. The van der Waals surface area contributed by atoms with Crippen LogP contribution < -0.4 is 10.3 Å². The quantitative estimate of drug-likeness (QED) is 0.504. The van der Waals surface area contributed by atoms with Crippen molar-refractivity contribution < 1.29 is 17.5 Å². The van der Waals surface area contributed by atoms with Crippen LogP contribution in [0.3, 0.4) is 0 Å². The molecule has 3 rings (SSSR count). The maximum atomic E-state index is 14.3. The maximum absolute atomic E-state index is 14.3. The van der Waals surface area contributed by atoms with Gasteiger partial charge >= 0.3 is 6.01 Å². The number of nitrogens with zero attached hydrogens (tertiary/aromatic N) is 3. The zero-order valence-electron chi connectivity index (χ0n) is 18.6. The van der Waals surface area contributed by atoms with E-state index < -0.39 is 15.7 Å². The molecule has 0 unspecified atom stereocenters. The lowest BCUT2D eigenvalue weighted by molar-refractivity contribution is 0.407. The molecule has 0 aliphatic rings. The van der Waals surface area contributed by atoms with Gasteiger partial charge in [-0.1, -0.05) is 25.5 Å². The Kier molecular flexibility index (Phi) is 7.08. The number of unbranched alkanes of at least 4 members (excludes halogenated alkanes) is 1. The lowest BCUT2D eigenvalue weighted by Gasteiger charge is -2.12. The number of hydrogen-bond donors (Lipinski definition) is 0. The second kappa shape index (κ2) is 9.60. The van der Waals surface area contributed by atoms with Crippen LogP contribution in [0, 0.1) is 19.7 Å². The van der Waals surface area contributed by atoms with Gasteiger partial charge in [-0.2, -0.15) is 9.97 Å². The minimum Gasteiger partial charge on any atom is -0.421 e. The number of pyridine rings is 1. The molecular formula is C23H26FN3O4S. The lowest BCUT2D eigenvalue weighted by atomic mass is 10.1. The standard InChI is InChI=1S/C23H26FN3O4S/c1-5-6-10-32(29,30)14-18-12-20(17-11-16(3)22(28)27(4)13-17)26-23(25-18)31-21-15(2)8-7-9-19(21)24/h7-9,11-13H,5-6,10,14H2,1-4H3. The SMILES string of the molecule is CCCCS(=O)(=O)Cc1cc(-c2cc(C)c(=O)n(C)c2)nc(Oc2c(C)cccc2F)n1. The second-order valence-corrected chi connectivity index (χ2v) is 9.97. The van der Waals surface area contributed by atoms with Gasteiger partial charge < -0.3 is 9.30 Å². The number of rotatable bonds is 8. The van der Waals surface area contributed by atoms with Gasteiger partial charge in [-0.25, -0.2) is 12.8 Å². The first-order valence-corrected chi connectivity index (χ1v) is 12.1. The first-order chi connectivity index (χ1) is 15.1. The van der Waals surface area contributed by atoms with E-state index in [2.05, 4.69) is 9.97 Å². The molecule has 2 heterocycles. The van der Waals surface area contributed by atoms with E-state index in [9.17, 15) is 17.6 Å². The van der Waals surface area contributed by atoms with Crippen molar-refractivity contribution in [1.82, 2.24) is 14.5 Å². The van der Waals surface area contributed by atoms with E-state index in [0.29, 0.717) is 28.8 Å². The minimum absolute atomic E-state index is 0.0268. The molecule has 0 N–H and O–H groups in total. The molecule has 0 saturated carbocycles. The molecule has 0 bridgehead atoms. The molecule has 32 heavy (non-hydrogen) atoms. The molecule has 0 radical (unpaired) electrons. The lowest BCUT2D eigenvalue weighted by Crippen LogP contribution is -2.18. The smallest absolute Gasteiger partial charge is 0.322 e.